The number of ether oxygens (including phenoxy) is 3. The number of esters is 2. The predicted molar refractivity (Wildman–Crippen MR) is 128 cm³/mol. The van der Waals surface area contributed by atoms with Crippen molar-refractivity contribution in [2.45, 2.75) is 18.4 Å². The van der Waals surface area contributed by atoms with Crippen molar-refractivity contribution in [2.75, 3.05) is 13.7 Å². The van der Waals surface area contributed by atoms with Gasteiger partial charge in [0.2, 0.25) is 5.54 Å². The summed E-state index contributed by atoms with van der Waals surface area (Å²) in [4.78, 5) is 40.5. The van der Waals surface area contributed by atoms with Gasteiger partial charge in [-0.2, -0.15) is 0 Å². The van der Waals surface area contributed by atoms with Crippen molar-refractivity contribution in [2.24, 2.45) is 0 Å². The van der Waals surface area contributed by atoms with E-state index in [2.05, 4.69) is 11.2 Å². The molecular weight excluding hydrogens is 446 g/mol. The Bertz CT molecular complexity index is 1310. The molecule has 7 nitrogen and oxygen atoms in total. The molecule has 35 heavy (non-hydrogen) atoms. The summed E-state index contributed by atoms with van der Waals surface area (Å²) in [6.07, 6.45) is 5.50. The zero-order valence-electron chi connectivity index (χ0n) is 19.2. The Kier molecular flexibility index (Phi) is 6.56. The van der Waals surface area contributed by atoms with Crippen molar-refractivity contribution < 1.29 is 28.6 Å². The third-order valence-corrected chi connectivity index (χ3v) is 5.86. The number of nitrogens with one attached hydrogen (secondary N) is 1. The minimum atomic E-state index is -2.18. The molecular formula is C28H23NO6. The summed E-state index contributed by atoms with van der Waals surface area (Å²) in [5.41, 5.74) is -0.203. The number of hydrogen-bond acceptors (Lipinski definition) is 6. The van der Waals surface area contributed by atoms with Crippen LogP contribution < -0.4 is 14.8 Å². The molecule has 176 valence electrons. The molecule has 4 rings (SSSR count). The fourth-order valence-electron chi connectivity index (χ4n) is 4.16. The first kappa shape index (κ1) is 23.6. The monoisotopic (exact) mass is 469 g/mol. The van der Waals surface area contributed by atoms with Crippen LogP contribution in [0.5, 0.6) is 11.5 Å². The van der Waals surface area contributed by atoms with Gasteiger partial charge in [0.25, 0.3) is 5.91 Å². The second-order valence-corrected chi connectivity index (χ2v) is 7.84. The van der Waals surface area contributed by atoms with Gasteiger partial charge in [-0.3, -0.25) is 4.79 Å². The number of methoxy groups -OCH3 is 1. The van der Waals surface area contributed by atoms with E-state index >= 15 is 0 Å². The summed E-state index contributed by atoms with van der Waals surface area (Å²) in [5, 5.41) is 2.67. The largest absolute Gasteiger partial charge is 0.497 e. The molecule has 0 saturated carbocycles. The Morgan fingerprint density at radius 3 is 2.37 bits per heavy atom. The summed E-state index contributed by atoms with van der Waals surface area (Å²) in [6.45, 7) is 1.62. The van der Waals surface area contributed by atoms with Gasteiger partial charge in [-0.1, -0.05) is 36.3 Å². The number of benzene rings is 3. The minimum absolute atomic E-state index is 0.00331. The van der Waals surface area contributed by atoms with Crippen LogP contribution in [-0.4, -0.2) is 37.1 Å². The van der Waals surface area contributed by atoms with Gasteiger partial charge in [-0.05, 0) is 55.0 Å². The van der Waals surface area contributed by atoms with E-state index in [1.54, 1.807) is 67.6 Å². The lowest BCUT2D eigenvalue weighted by molar-refractivity contribution is -0.163. The molecule has 0 radical (unpaired) electrons. The van der Waals surface area contributed by atoms with Crippen LogP contribution in [0.3, 0.4) is 0 Å². The lowest BCUT2D eigenvalue weighted by Gasteiger charge is -2.41. The normalized spacial score (nSPS) is 18.4. The number of rotatable bonds is 6. The van der Waals surface area contributed by atoms with Crippen LogP contribution in [0.25, 0.3) is 0 Å². The van der Waals surface area contributed by atoms with Crippen molar-refractivity contribution in [3.8, 4) is 23.8 Å². The smallest absolute Gasteiger partial charge is 0.350 e. The van der Waals surface area contributed by atoms with Crippen molar-refractivity contribution in [3.05, 3.63) is 95.1 Å². The van der Waals surface area contributed by atoms with Crippen LogP contribution in [0, 0.1) is 12.3 Å². The first-order valence-corrected chi connectivity index (χ1v) is 11.0. The van der Waals surface area contributed by atoms with Gasteiger partial charge in [0.05, 0.1) is 19.6 Å². The molecule has 2 unspecified atom stereocenters. The molecule has 1 heterocycles. The summed E-state index contributed by atoms with van der Waals surface area (Å²) in [5.74, 6) is -0.0564. The third-order valence-electron chi connectivity index (χ3n) is 5.86. The van der Waals surface area contributed by atoms with Crippen molar-refractivity contribution in [3.63, 3.8) is 0 Å². The Balaban J connectivity index is 1.90. The van der Waals surface area contributed by atoms with E-state index in [0.29, 0.717) is 28.2 Å². The van der Waals surface area contributed by atoms with Crippen molar-refractivity contribution >= 4 is 17.8 Å². The standard InChI is InChI=1S/C28H23NO6/c1-4-18-10-12-19(13-11-18)24-22-8-6-7-9-23(22)35-27(32)28(24,26(31)34-5-2)29-25(30)20-14-16-21(33-3)17-15-20/h1,6-17,24H,5H2,2-3H3,(H,29,30). The maximum atomic E-state index is 13.6. The molecule has 0 spiro atoms. The molecule has 1 aliphatic rings. The third kappa shape index (κ3) is 4.22. The van der Waals surface area contributed by atoms with Crippen LogP contribution in [-0.2, 0) is 14.3 Å². The van der Waals surface area contributed by atoms with E-state index in [-0.39, 0.29) is 12.2 Å². The van der Waals surface area contributed by atoms with Gasteiger partial charge in [0.15, 0.2) is 0 Å². The molecule has 7 heteroatoms. The van der Waals surface area contributed by atoms with E-state index < -0.39 is 29.3 Å². The summed E-state index contributed by atoms with van der Waals surface area (Å²) in [7, 11) is 1.51. The van der Waals surface area contributed by atoms with Gasteiger partial charge in [0, 0.05) is 16.7 Å². The molecule has 0 aromatic heterocycles. The molecule has 1 amide bonds. The fraction of sp³-hybridized carbons (Fsp3) is 0.179. The Morgan fingerprint density at radius 2 is 1.74 bits per heavy atom. The van der Waals surface area contributed by atoms with E-state index in [0.717, 1.165) is 0 Å². The van der Waals surface area contributed by atoms with Crippen molar-refractivity contribution in [1.29, 1.82) is 0 Å². The summed E-state index contributed by atoms with van der Waals surface area (Å²) >= 11 is 0. The highest BCUT2D eigenvalue weighted by atomic mass is 16.6. The van der Waals surface area contributed by atoms with Crippen LogP contribution >= 0.6 is 0 Å². The Labute approximate surface area is 203 Å². The molecule has 0 fully saturated rings. The zero-order chi connectivity index (χ0) is 25.0. The Hall–Kier alpha value is -4.57. The minimum Gasteiger partial charge on any atom is -0.497 e. The maximum Gasteiger partial charge on any atom is 0.350 e. The van der Waals surface area contributed by atoms with Gasteiger partial charge in [-0.25, -0.2) is 9.59 Å². The van der Waals surface area contributed by atoms with Gasteiger partial charge in [0.1, 0.15) is 11.5 Å². The van der Waals surface area contributed by atoms with Crippen LogP contribution in [0.1, 0.15) is 39.9 Å². The molecule has 1 aliphatic heterocycles. The first-order chi connectivity index (χ1) is 16.9. The number of carbonyl (C=O) groups excluding carboxylic acids is 3. The average molecular weight is 469 g/mol. The van der Waals surface area contributed by atoms with Crippen LogP contribution in [0.4, 0.5) is 0 Å². The summed E-state index contributed by atoms with van der Waals surface area (Å²) in [6, 6.07) is 20.0. The van der Waals surface area contributed by atoms with Gasteiger partial charge >= 0.3 is 11.9 Å². The second-order valence-electron chi connectivity index (χ2n) is 7.84. The molecule has 0 aliphatic carbocycles. The van der Waals surface area contributed by atoms with Crippen molar-refractivity contribution in [1.82, 2.24) is 5.32 Å². The van der Waals surface area contributed by atoms with E-state index in [4.69, 9.17) is 20.6 Å². The van der Waals surface area contributed by atoms with Crippen LogP contribution in [0.2, 0.25) is 0 Å². The lowest BCUT2D eigenvalue weighted by Crippen LogP contribution is -2.67. The average Bonchev–Trinajstić information content (AvgIpc) is 2.89. The molecule has 1 N–H and O–H groups in total. The SMILES string of the molecule is C#Cc1ccc(C2c3ccccc3OC(=O)C2(NC(=O)c2ccc(OC)cc2)C(=O)OCC)cc1. The maximum absolute atomic E-state index is 13.6. The second kappa shape index (κ2) is 9.74. The Morgan fingerprint density at radius 1 is 1.06 bits per heavy atom. The van der Waals surface area contributed by atoms with Gasteiger partial charge < -0.3 is 19.5 Å². The number of terminal acetylenes is 1. The molecule has 0 bridgehead atoms. The summed E-state index contributed by atoms with van der Waals surface area (Å²) < 4.78 is 16.1. The quantitative estimate of drug-likeness (QED) is 0.257. The van der Waals surface area contributed by atoms with E-state index in [1.165, 1.54) is 19.2 Å². The highest BCUT2D eigenvalue weighted by Gasteiger charge is 2.60. The molecule has 3 aromatic rings. The predicted octanol–water partition coefficient (Wildman–Crippen LogP) is 3.46. The van der Waals surface area contributed by atoms with Gasteiger partial charge in [-0.15, -0.1) is 6.42 Å². The number of amides is 1. The van der Waals surface area contributed by atoms with E-state index in [9.17, 15) is 14.4 Å². The molecule has 3 aromatic carbocycles. The number of fused-ring (bicyclic) bond motifs is 1. The number of carbonyl (C=O) groups is 3. The highest BCUT2D eigenvalue weighted by Crippen LogP contribution is 2.45. The van der Waals surface area contributed by atoms with Crippen LogP contribution in [0.15, 0.2) is 72.8 Å². The fourth-order valence-corrected chi connectivity index (χ4v) is 4.16. The van der Waals surface area contributed by atoms with E-state index in [1.807, 2.05) is 0 Å². The highest BCUT2D eigenvalue weighted by molar-refractivity contribution is 6.13. The first-order valence-electron chi connectivity index (χ1n) is 11.0. The molecule has 2 atom stereocenters. The topological polar surface area (TPSA) is 90.9 Å². The molecule has 0 saturated heterocycles. The lowest BCUT2D eigenvalue weighted by atomic mass is 9.72. The number of hydrogen-bond donors (Lipinski definition) is 1. The zero-order valence-corrected chi connectivity index (χ0v) is 19.2. The number of para-hydroxylation sites is 1.